The van der Waals surface area contributed by atoms with Crippen LogP contribution in [0.25, 0.3) is 0 Å². The van der Waals surface area contributed by atoms with Gasteiger partial charge in [-0.15, -0.1) is 0 Å². The SMILES string of the molecule is C=C(OBr)C(C)(C)C. The number of allylic oxidation sites excluding steroid dienone is 1. The third-order valence-electron chi connectivity index (χ3n) is 0.930. The van der Waals surface area contributed by atoms with E-state index in [9.17, 15) is 0 Å². The zero-order valence-corrected chi connectivity index (χ0v) is 7.08. The molecule has 48 valence electrons. The molecule has 0 aliphatic heterocycles. The fraction of sp³-hybridized carbons (Fsp3) is 0.667. The fourth-order valence-corrected chi connectivity index (χ4v) is 0.601. The Kier molecular flexibility index (Phi) is 2.54. The molecule has 2 heteroatoms. The van der Waals surface area contributed by atoms with Crippen molar-refractivity contribution in [3.63, 3.8) is 0 Å². The minimum atomic E-state index is 0.0451. The van der Waals surface area contributed by atoms with Crippen molar-refractivity contribution in [3.8, 4) is 0 Å². The molecular formula is C6H11BrO. The van der Waals surface area contributed by atoms with Crippen molar-refractivity contribution >= 4 is 16.3 Å². The van der Waals surface area contributed by atoms with Gasteiger partial charge in [0.05, 0.1) is 0 Å². The van der Waals surface area contributed by atoms with Gasteiger partial charge < -0.3 is 3.83 Å². The Balaban J connectivity index is 3.82. The second-order valence-electron chi connectivity index (χ2n) is 2.75. The first-order chi connectivity index (χ1) is 3.48. The van der Waals surface area contributed by atoms with Crippen LogP contribution < -0.4 is 0 Å². The molecule has 0 fully saturated rings. The molecule has 0 N–H and O–H groups in total. The van der Waals surface area contributed by atoms with Crippen molar-refractivity contribution in [2.24, 2.45) is 5.41 Å². The third kappa shape index (κ3) is 2.36. The Morgan fingerprint density at radius 3 is 1.88 bits per heavy atom. The van der Waals surface area contributed by atoms with Crippen LogP contribution in [0, 0.1) is 5.41 Å². The smallest absolute Gasteiger partial charge is 0.178 e. The van der Waals surface area contributed by atoms with Gasteiger partial charge in [-0.25, -0.2) is 0 Å². The van der Waals surface area contributed by atoms with Gasteiger partial charge in [-0.1, -0.05) is 27.4 Å². The summed E-state index contributed by atoms with van der Waals surface area (Å²) in [5.41, 5.74) is 0.0451. The van der Waals surface area contributed by atoms with Gasteiger partial charge in [-0.2, -0.15) is 0 Å². The summed E-state index contributed by atoms with van der Waals surface area (Å²) in [4.78, 5) is 0. The summed E-state index contributed by atoms with van der Waals surface area (Å²) >= 11 is 2.85. The average molecular weight is 179 g/mol. The molecule has 0 saturated carbocycles. The summed E-state index contributed by atoms with van der Waals surface area (Å²) in [6, 6.07) is 0. The molecule has 0 aliphatic rings. The zero-order chi connectivity index (χ0) is 6.78. The Morgan fingerprint density at radius 2 is 1.88 bits per heavy atom. The van der Waals surface area contributed by atoms with Gasteiger partial charge in [0.1, 0.15) is 5.76 Å². The summed E-state index contributed by atoms with van der Waals surface area (Å²) in [5.74, 6) is 0.748. The molecule has 0 unspecified atom stereocenters. The van der Waals surface area contributed by atoms with Crippen LogP contribution >= 0.6 is 16.3 Å². The van der Waals surface area contributed by atoms with Crippen molar-refractivity contribution < 1.29 is 3.83 Å². The molecule has 0 saturated heterocycles. The van der Waals surface area contributed by atoms with Crippen molar-refractivity contribution in [2.75, 3.05) is 0 Å². The van der Waals surface area contributed by atoms with Crippen LogP contribution in [0.3, 0.4) is 0 Å². The van der Waals surface area contributed by atoms with E-state index >= 15 is 0 Å². The molecule has 0 aromatic carbocycles. The van der Waals surface area contributed by atoms with Gasteiger partial charge in [-0.3, -0.25) is 0 Å². The molecule has 0 spiro atoms. The van der Waals surface area contributed by atoms with E-state index in [0.717, 1.165) is 5.76 Å². The molecule has 0 bridgehead atoms. The zero-order valence-electron chi connectivity index (χ0n) is 5.49. The first-order valence-electron chi connectivity index (χ1n) is 2.46. The Labute approximate surface area is 59.2 Å². The van der Waals surface area contributed by atoms with Gasteiger partial charge in [0.15, 0.2) is 16.3 Å². The highest BCUT2D eigenvalue weighted by atomic mass is 79.9. The maximum absolute atomic E-state index is 4.73. The van der Waals surface area contributed by atoms with Crippen LogP contribution in [0.2, 0.25) is 0 Å². The summed E-state index contributed by atoms with van der Waals surface area (Å²) in [6.45, 7) is 9.79. The molecule has 0 heterocycles. The van der Waals surface area contributed by atoms with Crippen molar-refractivity contribution in [2.45, 2.75) is 20.8 Å². The highest BCUT2D eigenvalue weighted by Gasteiger charge is 2.15. The topological polar surface area (TPSA) is 9.23 Å². The highest BCUT2D eigenvalue weighted by Crippen LogP contribution is 2.25. The predicted molar refractivity (Wildman–Crippen MR) is 38.6 cm³/mol. The number of hydrogen-bond donors (Lipinski definition) is 0. The van der Waals surface area contributed by atoms with E-state index in [-0.39, 0.29) is 5.41 Å². The summed E-state index contributed by atoms with van der Waals surface area (Å²) in [6.07, 6.45) is 0. The molecule has 0 amide bonds. The summed E-state index contributed by atoms with van der Waals surface area (Å²) in [7, 11) is 0. The molecule has 0 rings (SSSR count). The van der Waals surface area contributed by atoms with E-state index in [1.807, 2.05) is 20.8 Å². The van der Waals surface area contributed by atoms with Crippen LogP contribution in [-0.2, 0) is 3.83 Å². The second-order valence-corrected chi connectivity index (χ2v) is 3.07. The quantitative estimate of drug-likeness (QED) is 0.562. The molecule has 1 nitrogen and oxygen atoms in total. The van der Waals surface area contributed by atoms with Gasteiger partial charge in [0, 0.05) is 5.41 Å². The fourth-order valence-electron chi connectivity index (χ4n) is 0.116. The van der Waals surface area contributed by atoms with Crippen molar-refractivity contribution in [3.05, 3.63) is 12.3 Å². The van der Waals surface area contributed by atoms with E-state index in [2.05, 4.69) is 22.8 Å². The molecule has 8 heavy (non-hydrogen) atoms. The van der Waals surface area contributed by atoms with Crippen molar-refractivity contribution in [1.29, 1.82) is 0 Å². The molecule has 0 aromatic rings. The lowest BCUT2D eigenvalue weighted by Crippen LogP contribution is -2.07. The summed E-state index contributed by atoms with van der Waals surface area (Å²) in [5, 5.41) is 0. The van der Waals surface area contributed by atoms with Gasteiger partial charge in [-0.05, 0) is 0 Å². The number of rotatable bonds is 1. The minimum Gasteiger partial charge on any atom is -0.423 e. The molecule has 0 atom stereocenters. The minimum absolute atomic E-state index is 0.0451. The van der Waals surface area contributed by atoms with Gasteiger partial charge in [0.25, 0.3) is 0 Å². The monoisotopic (exact) mass is 178 g/mol. The van der Waals surface area contributed by atoms with Crippen LogP contribution in [0.5, 0.6) is 0 Å². The molecule has 0 aliphatic carbocycles. The maximum atomic E-state index is 4.73. The molecule has 0 radical (unpaired) electrons. The lowest BCUT2D eigenvalue weighted by Gasteiger charge is -2.17. The lowest BCUT2D eigenvalue weighted by atomic mass is 9.95. The van der Waals surface area contributed by atoms with Crippen LogP contribution in [-0.4, -0.2) is 0 Å². The van der Waals surface area contributed by atoms with Gasteiger partial charge >= 0.3 is 0 Å². The van der Waals surface area contributed by atoms with Crippen LogP contribution in [0.15, 0.2) is 12.3 Å². The predicted octanol–water partition coefficient (Wildman–Crippen LogP) is 2.87. The second kappa shape index (κ2) is 2.53. The average Bonchev–Trinajstić information content (AvgIpc) is 1.62. The Bertz CT molecular complexity index is 91.2. The highest BCUT2D eigenvalue weighted by molar-refractivity contribution is 9.06. The number of halogens is 1. The molecular weight excluding hydrogens is 168 g/mol. The Morgan fingerprint density at radius 1 is 1.50 bits per heavy atom. The van der Waals surface area contributed by atoms with E-state index in [1.54, 1.807) is 0 Å². The van der Waals surface area contributed by atoms with E-state index in [1.165, 1.54) is 0 Å². The maximum Gasteiger partial charge on any atom is 0.178 e. The third-order valence-corrected chi connectivity index (χ3v) is 1.32. The van der Waals surface area contributed by atoms with Crippen molar-refractivity contribution in [1.82, 2.24) is 0 Å². The first-order valence-corrected chi connectivity index (χ1v) is 3.11. The Hall–Kier alpha value is 0.0200. The van der Waals surface area contributed by atoms with Crippen LogP contribution in [0.4, 0.5) is 0 Å². The number of hydrogen-bond acceptors (Lipinski definition) is 1. The largest absolute Gasteiger partial charge is 0.423 e. The van der Waals surface area contributed by atoms with Crippen LogP contribution in [0.1, 0.15) is 20.8 Å². The first kappa shape index (κ1) is 8.02. The van der Waals surface area contributed by atoms with E-state index in [4.69, 9.17) is 3.83 Å². The van der Waals surface area contributed by atoms with Gasteiger partial charge in [0.2, 0.25) is 0 Å². The standard InChI is InChI=1S/C6H11BrO/c1-5(8-7)6(2,3)4/h1H2,2-4H3. The normalized spacial score (nSPS) is 11.0. The van der Waals surface area contributed by atoms with E-state index in [0.29, 0.717) is 0 Å². The van der Waals surface area contributed by atoms with E-state index < -0.39 is 0 Å². The summed E-state index contributed by atoms with van der Waals surface area (Å²) < 4.78 is 4.73. The lowest BCUT2D eigenvalue weighted by molar-refractivity contribution is 0.342. The molecule has 0 aromatic heterocycles.